The van der Waals surface area contributed by atoms with Crippen LogP contribution < -0.4 is 10.6 Å². The van der Waals surface area contributed by atoms with Crippen LogP contribution in [-0.4, -0.2) is 35.7 Å². The first-order chi connectivity index (χ1) is 8.74. The van der Waals surface area contributed by atoms with Gasteiger partial charge in [0, 0.05) is 11.6 Å². The highest BCUT2D eigenvalue weighted by molar-refractivity contribution is 5.78. The van der Waals surface area contributed by atoms with E-state index >= 15 is 0 Å². The van der Waals surface area contributed by atoms with Crippen molar-refractivity contribution in [3.8, 4) is 0 Å². The lowest BCUT2D eigenvalue weighted by atomic mass is 9.77. The molecule has 3 N–H and O–H groups in total. The van der Waals surface area contributed by atoms with Crippen LogP contribution in [0.25, 0.3) is 0 Å². The Labute approximate surface area is 110 Å². The van der Waals surface area contributed by atoms with E-state index in [2.05, 4.69) is 10.6 Å². The molecule has 2 aliphatic rings. The molecule has 0 aliphatic heterocycles. The molecule has 18 heavy (non-hydrogen) atoms. The summed E-state index contributed by atoms with van der Waals surface area (Å²) in [4.78, 5) is 11.9. The molecule has 0 aromatic heterocycles. The Morgan fingerprint density at radius 1 is 1.11 bits per heavy atom. The minimum Gasteiger partial charge on any atom is -0.394 e. The summed E-state index contributed by atoms with van der Waals surface area (Å²) in [5.41, 5.74) is -0.166. The quantitative estimate of drug-likeness (QED) is 0.649. The fraction of sp³-hybridized carbons (Fsp3) is 0.929. The maximum atomic E-state index is 11.9. The number of hydrogen-bond donors (Lipinski definition) is 3. The lowest BCUT2D eigenvalue weighted by Crippen LogP contribution is -2.56. The van der Waals surface area contributed by atoms with Gasteiger partial charge in [0.15, 0.2) is 0 Å². The lowest BCUT2D eigenvalue weighted by Gasteiger charge is -2.41. The van der Waals surface area contributed by atoms with Crippen LogP contribution in [0.2, 0.25) is 0 Å². The second kappa shape index (κ2) is 6.53. The predicted octanol–water partition coefficient (Wildman–Crippen LogP) is 1.33. The van der Waals surface area contributed by atoms with Gasteiger partial charge in [0.2, 0.25) is 5.91 Å². The maximum absolute atomic E-state index is 11.9. The Morgan fingerprint density at radius 2 is 1.78 bits per heavy atom. The van der Waals surface area contributed by atoms with Crippen molar-refractivity contribution in [2.45, 2.75) is 69.4 Å². The largest absolute Gasteiger partial charge is 0.394 e. The van der Waals surface area contributed by atoms with E-state index in [4.69, 9.17) is 0 Å². The summed E-state index contributed by atoms with van der Waals surface area (Å²) in [7, 11) is 0. The first-order valence-corrected chi connectivity index (χ1v) is 7.39. The molecule has 2 aliphatic carbocycles. The third kappa shape index (κ3) is 3.69. The van der Waals surface area contributed by atoms with E-state index in [1.54, 1.807) is 0 Å². The zero-order valence-corrected chi connectivity index (χ0v) is 11.2. The van der Waals surface area contributed by atoms with Crippen molar-refractivity contribution in [1.82, 2.24) is 10.6 Å². The third-order valence-electron chi connectivity index (χ3n) is 4.46. The summed E-state index contributed by atoms with van der Waals surface area (Å²) < 4.78 is 0. The average Bonchev–Trinajstić information content (AvgIpc) is 2.57. The van der Waals surface area contributed by atoms with Crippen molar-refractivity contribution in [1.29, 1.82) is 0 Å². The van der Waals surface area contributed by atoms with E-state index in [-0.39, 0.29) is 18.1 Å². The highest BCUT2D eigenvalue weighted by atomic mass is 16.3. The molecule has 4 nitrogen and oxygen atoms in total. The molecular formula is C14H26N2O2. The van der Waals surface area contributed by atoms with Gasteiger partial charge in [-0.2, -0.15) is 0 Å². The van der Waals surface area contributed by atoms with E-state index in [1.165, 1.54) is 25.7 Å². The molecule has 104 valence electrons. The van der Waals surface area contributed by atoms with Crippen LogP contribution in [0, 0.1) is 0 Å². The van der Waals surface area contributed by atoms with Crippen molar-refractivity contribution in [2.24, 2.45) is 0 Å². The van der Waals surface area contributed by atoms with Crippen LogP contribution in [0.3, 0.4) is 0 Å². The standard InChI is InChI=1S/C14H26N2O2/c17-11-14(8-5-9-14)15-10-13(18)16-12-6-3-1-2-4-7-12/h12,15,17H,1-11H2,(H,16,18). The minimum atomic E-state index is -0.166. The zero-order valence-electron chi connectivity index (χ0n) is 11.2. The predicted molar refractivity (Wildman–Crippen MR) is 71.3 cm³/mol. The lowest BCUT2D eigenvalue weighted by molar-refractivity contribution is -0.121. The summed E-state index contributed by atoms with van der Waals surface area (Å²) in [6.45, 7) is 0.487. The minimum absolute atomic E-state index is 0.0848. The number of carbonyl (C=O) groups is 1. The normalized spacial score (nSPS) is 24.1. The molecule has 4 heteroatoms. The van der Waals surface area contributed by atoms with E-state index < -0.39 is 0 Å². The number of nitrogens with one attached hydrogen (secondary N) is 2. The molecule has 0 saturated heterocycles. The van der Waals surface area contributed by atoms with E-state index in [1.807, 2.05) is 0 Å². The first kappa shape index (κ1) is 13.8. The van der Waals surface area contributed by atoms with Crippen molar-refractivity contribution >= 4 is 5.91 Å². The van der Waals surface area contributed by atoms with E-state index in [9.17, 15) is 9.90 Å². The maximum Gasteiger partial charge on any atom is 0.234 e. The van der Waals surface area contributed by atoms with Gasteiger partial charge in [-0.05, 0) is 32.1 Å². The summed E-state index contributed by atoms with van der Waals surface area (Å²) in [6.07, 6.45) is 10.4. The second-order valence-corrected chi connectivity index (χ2v) is 5.90. The fourth-order valence-electron chi connectivity index (χ4n) is 2.96. The summed E-state index contributed by atoms with van der Waals surface area (Å²) >= 11 is 0. The molecule has 0 heterocycles. The average molecular weight is 254 g/mol. The molecule has 2 fully saturated rings. The molecular weight excluding hydrogens is 228 g/mol. The molecule has 0 aromatic carbocycles. The van der Waals surface area contributed by atoms with Gasteiger partial charge in [0.25, 0.3) is 0 Å². The Balaban J connectivity index is 1.68. The Kier molecular flexibility index (Phi) is 5.01. The molecule has 2 saturated carbocycles. The number of carbonyl (C=O) groups excluding carboxylic acids is 1. The van der Waals surface area contributed by atoms with Crippen LogP contribution >= 0.6 is 0 Å². The molecule has 2 rings (SSSR count). The molecule has 0 atom stereocenters. The zero-order chi connectivity index (χ0) is 12.8. The van der Waals surface area contributed by atoms with Gasteiger partial charge in [0.05, 0.1) is 13.2 Å². The van der Waals surface area contributed by atoms with Crippen molar-refractivity contribution < 1.29 is 9.90 Å². The molecule has 0 aromatic rings. The number of amides is 1. The molecule has 0 unspecified atom stereocenters. The third-order valence-corrected chi connectivity index (χ3v) is 4.46. The van der Waals surface area contributed by atoms with Gasteiger partial charge in [-0.15, -0.1) is 0 Å². The van der Waals surface area contributed by atoms with E-state index in [0.717, 1.165) is 32.1 Å². The van der Waals surface area contributed by atoms with Gasteiger partial charge in [-0.25, -0.2) is 0 Å². The number of rotatable bonds is 5. The first-order valence-electron chi connectivity index (χ1n) is 7.39. The van der Waals surface area contributed by atoms with Gasteiger partial charge >= 0.3 is 0 Å². The number of aliphatic hydroxyl groups is 1. The SMILES string of the molecule is O=C(CNC1(CO)CCC1)NC1CCCCCC1. The molecule has 0 spiro atoms. The summed E-state index contributed by atoms with van der Waals surface area (Å²) in [5, 5.41) is 15.7. The smallest absolute Gasteiger partial charge is 0.234 e. The summed E-state index contributed by atoms with van der Waals surface area (Å²) in [6, 6.07) is 0.369. The topological polar surface area (TPSA) is 61.4 Å². The van der Waals surface area contributed by atoms with Crippen LogP contribution in [0.1, 0.15) is 57.8 Å². The highest BCUT2D eigenvalue weighted by Gasteiger charge is 2.36. The van der Waals surface area contributed by atoms with Crippen LogP contribution in [0.4, 0.5) is 0 Å². The molecule has 0 bridgehead atoms. The number of hydrogen-bond acceptors (Lipinski definition) is 3. The Morgan fingerprint density at radius 3 is 2.28 bits per heavy atom. The molecule has 0 radical (unpaired) electrons. The Hall–Kier alpha value is -0.610. The van der Waals surface area contributed by atoms with Gasteiger partial charge < -0.3 is 15.7 Å². The second-order valence-electron chi connectivity index (χ2n) is 5.90. The van der Waals surface area contributed by atoms with Crippen molar-refractivity contribution in [3.63, 3.8) is 0 Å². The van der Waals surface area contributed by atoms with Gasteiger partial charge in [-0.3, -0.25) is 4.79 Å². The fourth-order valence-corrected chi connectivity index (χ4v) is 2.96. The van der Waals surface area contributed by atoms with Crippen LogP contribution in [0.15, 0.2) is 0 Å². The van der Waals surface area contributed by atoms with Crippen LogP contribution in [0.5, 0.6) is 0 Å². The van der Waals surface area contributed by atoms with E-state index in [0.29, 0.717) is 12.6 Å². The number of aliphatic hydroxyl groups excluding tert-OH is 1. The van der Waals surface area contributed by atoms with Gasteiger partial charge in [-0.1, -0.05) is 25.7 Å². The highest BCUT2D eigenvalue weighted by Crippen LogP contribution is 2.30. The van der Waals surface area contributed by atoms with Crippen LogP contribution in [-0.2, 0) is 4.79 Å². The molecule has 1 amide bonds. The van der Waals surface area contributed by atoms with Crippen molar-refractivity contribution in [3.05, 3.63) is 0 Å². The summed E-state index contributed by atoms with van der Waals surface area (Å²) in [5.74, 6) is 0.0848. The monoisotopic (exact) mass is 254 g/mol. The van der Waals surface area contributed by atoms with Crippen molar-refractivity contribution in [2.75, 3.05) is 13.2 Å². The van der Waals surface area contributed by atoms with Gasteiger partial charge in [0.1, 0.15) is 0 Å². The Bertz CT molecular complexity index is 263.